The minimum Gasteiger partial charge on any atom is -0.448 e. The zero-order valence-electron chi connectivity index (χ0n) is 6.70. The summed E-state index contributed by atoms with van der Waals surface area (Å²) in [5.41, 5.74) is 0.373. The van der Waals surface area contributed by atoms with Crippen LogP contribution in [0.15, 0.2) is 30.3 Å². The lowest BCUT2D eigenvalue weighted by atomic mass is 10.1. The maximum atomic E-state index is 11.2. The predicted octanol–water partition coefficient (Wildman–Crippen LogP) is 1.76. The van der Waals surface area contributed by atoms with Crippen molar-refractivity contribution in [2.45, 2.75) is 0 Å². The number of hydrogen-bond acceptors (Lipinski definition) is 3. The molecule has 0 saturated heterocycles. The molecule has 0 fully saturated rings. The molecule has 0 aliphatic heterocycles. The maximum absolute atomic E-state index is 11.2. The van der Waals surface area contributed by atoms with Crippen molar-refractivity contribution in [2.24, 2.45) is 0 Å². The van der Waals surface area contributed by atoms with Crippen molar-refractivity contribution >= 4 is 27.7 Å². The van der Waals surface area contributed by atoms with Crippen LogP contribution in [-0.2, 0) is 9.53 Å². The molecule has 13 heavy (non-hydrogen) atoms. The lowest BCUT2D eigenvalue weighted by Gasteiger charge is -1.98. The Hall–Kier alpha value is -1.16. The second-order valence-electron chi connectivity index (χ2n) is 2.24. The molecule has 0 bridgehead atoms. The Bertz CT molecular complexity index is 308. The number of rotatable bonds is 3. The average molecular weight is 243 g/mol. The van der Waals surface area contributed by atoms with E-state index < -0.39 is 11.8 Å². The van der Waals surface area contributed by atoms with Crippen LogP contribution in [0, 0.1) is 0 Å². The second kappa shape index (κ2) is 4.77. The van der Waals surface area contributed by atoms with Gasteiger partial charge < -0.3 is 4.74 Å². The van der Waals surface area contributed by atoms with Crippen LogP contribution in [0.1, 0.15) is 10.4 Å². The van der Waals surface area contributed by atoms with E-state index in [4.69, 9.17) is 0 Å². The first-order valence-corrected chi connectivity index (χ1v) is 4.70. The Morgan fingerprint density at radius 3 is 2.38 bits per heavy atom. The Labute approximate surface area is 83.8 Å². The molecule has 1 aromatic carbocycles. The first-order chi connectivity index (χ1) is 6.25. The smallest absolute Gasteiger partial charge is 0.380 e. The van der Waals surface area contributed by atoms with E-state index >= 15 is 0 Å². The number of esters is 1. The van der Waals surface area contributed by atoms with Gasteiger partial charge >= 0.3 is 5.97 Å². The third kappa shape index (κ3) is 2.66. The van der Waals surface area contributed by atoms with Crippen molar-refractivity contribution < 1.29 is 14.3 Å². The number of Topliss-reactive ketones (excluding diaryl/α,β-unsaturated/α-hetero) is 1. The summed E-state index contributed by atoms with van der Waals surface area (Å²) in [7, 11) is 0. The lowest BCUT2D eigenvalue weighted by molar-refractivity contribution is -0.135. The number of hydrogen-bond donors (Lipinski definition) is 0. The molecule has 0 heterocycles. The number of ketones is 1. The zero-order valence-corrected chi connectivity index (χ0v) is 8.28. The highest BCUT2D eigenvalue weighted by molar-refractivity contribution is 9.09. The molecule has 1 aromatic rings. The van der Waals surface area contributed by atoms with Gasteiger partial charge in [0.1, 0.15) is 5.52 Å². The summed E-state index contributed by atoms with van der Waals surface area (Å²) in [5.74, 6) is -1.47. The molecule has 0 N–H and O–H groups in total. The molecule has 0 aromatic heterocycles. The Balaban J connectivity index is 2.74. The predicted molar refractivity (Wildman–Crippen MR) is 50.7 cm³/mol. The third-order valence-corrected chi connectivity index (χ3v) is 1.64. The van der Waals surface area contributed by atoms with Crippen LogP contribution < -0.4 is 0 Å². The molecule has 0 aliphatic carbocycles. The van der Waals surface area contributed by atoms with Crippen LogP contribution in [0.3, 0.4) is 0 Å². The Kier molecular flexibility index (Phi) is 3.64. The van der Waals surface area contributed by atoms with Crippen molar-refractivity contribution in [3.8, 4) is 0 Å². The molecule has 4 heteroatoms. The monoisotopic (exact) mass is 242 g/mol. The summed E-state index contributed by atoms with van der Waals surface area (Å²) in [6.45, 7) is 0. The number of halogens is 1. The number of benzene rings is 1. The highest BCUT2D eigenvalue weighted by Crippen LogP contribution is 2.01. The summed E-state index contributed by atoms with van der Waals surface area (Å²) in [6, 6.07) is 8.28. The maximum Gasteiger partial charge on any atom is 0.380 e. The van der Waals surface area contributed by atoms with Gasteiger partial charge in [-0.05, 0) is 15.9 Å². The molecule has 0 aliphatic rings. The van der Waals surface area contributed by atoms with Crippen molar-refractivity contribution in [1.82, 2.24) is 0 Å². The molecule has 0 amide bonds. The molecule has 0 unspecified atom stereocenters. The second-order valence-corrected chi connectivity index (χ2v) is 2.69. The van der Waals surface area contributed by atoms with Gasteiger partial charge in [-0.1, -0.05) is 30.3 Å². The van der Waals surface area contributed by atoms with Gasteiger partial charge in [0.15, 0.2) is 0 Å². The van der Waals surface area contributed by atoms with E-state index in [2.05, 4.69) is 20.7 Å². The first-order valence-electron chi connectivity index (χ1n) is 3.58. The number of carbonyl (C=O) groups is 2. The van der Waals surface area contributed by atoms with Crippen LogP contribution in [0.2, 0.25) is 0 Å². The van der Waals surface area contributed by atoms with Crippen molar-refractivity contribution in [1.29, 1.82) is 0 Å². The number of carbonyl (C=O) groups excluding carboxylic acids is 2. The van der Waals surface area contributed by atoms with Gasteiger partial charge in [-0.15, -0.1) is 0 Å². The van der Waals surface area contributed by atoms with Gasteiger partial charge in [0.25, 0.3) is 5.78 Å². The fourth-order valence-corrected chi connectivity index (χ4v) is 1.03. The molecule has 0 spiro atoms. The standard InChI is InChI=1S/C9H7BrO3/c10-6-13-9(12)8(11)7-4-2-1-3-5-7/h1-5H,6H2. The van der Waals surface area contributed by atoms with E-state index in [1.807, 2.05) is 0 Å². The van der Waals surface area contributed by atoms with E-state index in [9.17, 15) is 9.59 Å². The van der Waals surface area contributed by atoms with Gasteiger partial charge in [0.2, 0.25) is 0 Å². The Morgan fingerprint density at radius 1 is 1.23 bits per heavy atom. The van der Waals surface area contributed by atoms with Crippen molar-refractivity contribution in [3.63, 3.8) is 0 Å². The van der Waals surface area contributed by atoms with E-state index in [-0.39, 0.29) is 5.52 Å². The van der Waals surface area contributed by atoms with Gasteiger partial charge in [-0.2, -0.15) is 0 Å². The minimum absolute atomic E-state index is 0.0321. The van der Waals surface area contributed by atoms with E-state index in [0.717, 1.165) is 0 Å². The van der Waals surface area contributed by atoms with Crippen LogP contribution in [0.25, 0.3) is 0 Å². The van der Waals surface area contributed by atoms with Crippen LogP contribution >= 0.6 is 15.9 Å². The first kappa shape index (κ1) is 9.92. The van der Waals surface area contributed by atoms with Crippen molar-refractivity contribution in [3.05, 3.63) is 35.9 Å². The molecule has 0 saturated carbocycles. The summed E-state index contributed by atoms with van der Waals surface area (Å²) < 4.78 is 4.49. The van der Waals surface area contributed by atoms with Crippen molar-refractivity contribution in [2.75, 3.05) is 5.52 Å². The summed E-state index contributed by atoms with van der Waals surface area (Å²) in [5, 5.41) is 0. The highest BCUT2D eigenvalue weighted by Gasteiger charge is 2.16. The normalized spacial score (nSPS) is 9.31. The van der Waals surface area contributed by atoms with Gasteiger partial charge in [0, 0.05) is 5.56 Å². The molecule has 68 valence electrons. The quantitative estimate of drug-likeness (QED) is 0.351. The van der Waals surface area contributed by atoms with Gasteiger partial charge in [0.05, 0.1) is 0 Å². The van der Waals surface area contributed by atoms with Crippen LogP contribution in [-0.4, -0.2) is 17.3 Å². The van der Waals surface area contributed by atoms with Gasteiger partial charge in [-0.3, -0.25) is 4.79 Å². The SMILES string of the molecule is O=C(OCBr)C(=O)c1ccccc1. The zero-order chi connectivity index (χ0) is 9.68. The lowest BCUT2D eigenvalue weighted by Crippen LogP contribution is -2.16. The highest BCUT2D eigenvalue weighted by atomic mass is 79.9. The fourth-order valence-electron chi connectivity index (χ4n) is 0.822. The summed E-state index contributed by atoms with van der Waals surface area (Å²) in [6.07, 6.45) is 0. The third-order valence-electron chi connectivity index (χ3n) is 1.41. The Morgan fingerprint density at radius 2 is 1.85 bits per heavy atom. The molecule has 0 atom stereocenters. The summed E-state index contributed by atoms with van der Waals surface area (Å²) >= 11 is 2.90. The topological polar surface area (TPSA) is 43.4 Å². The minimum atomic E-state index is -0.844. The number of alkyl halides is 1. The largest absolute Gasteiger partial charge is 0.448 e. The average Bonchev–Trinajstić information content (AvgIpc) is 2.18. The molecule has 1 rings (SSSR count). The molecule has 0 radical (unpaired) electrons. The fraction of sp³-hybridized carbons (Fsp3) is 0.111. The molecule has 3 nitrogen and oxygen atoms in total. The van der Waals surface area contributed by atoms with Crippen LogP contribution in [0.5, 0.6) is 0 Å². The van der Waals surface area contributed by atoms with E-state index in [1.165, 1.54) is 0 Å². The van der Waals surface area contributed by atoms with Crippen LogP contribution in [0.4, 0.5) is 0 Å². The summed E-state index contributed by atoms with van der Waals surface area (Å²) in [4.78, 5) is 22.2. The molecular formula is C9H7BrO3. The number of ether oxygens (including phenoxy) is 1. The van der Waals surface area contributed by atoms with E-state index in [1.54, 1.807) is 30.3 Å². The molecular weight excluding hydrogens is 236 g/mol. The van der Waals surface area contributed by atoms with E-state index in [0.29, 0.717) is 5.56 Å². The van der Waals surface area contributed by atoms with Gasteiger partial charge in [-0.25, -0.2) is 4.79 Å².